The Kier molecular flexibility index (Phi) is 4.33. The lowest BCUT2D eigenvalue weighted by atomic mass is 10.1. The summed E-state index contributed by atoms with van der Waals surface area (Å²) in [6, 6.07) is -1.29. The molecule has 0 aromatic carbocycles. The van der Waals surface area contributed by atoms with Gasteiger partial charge in [0.05, 0.1) is 6.54 Å². The molecule has 108 valence electrons. The van der Waals surface area contributed by atoms with Crippen molar-refractivity contribution in [3.05, 3.63) is 16.1 Å². The number of thiazole rings is 1. The predicted octanol–water partition coefficient (Wildman–Crippen LogP) is 0.398. The highest BCUT2D eigenvalue weighted by atomic mass is 32.1. The summed E-state index contributed by atoms with van der Waals surface area (Å²) in [7, 11) is 1.66. The molecule has 7 nitrogen and oxygen atoms in total. The normalized spacial score (nSPS) is 19.0. The Labute approximate surface area is 120 Å². The summed E-state index contributed by atoms with van der Waals surface area (Å²) in [5.41, 5.74) is 0.920. The summed E-state index contributed by atoms with van der Waals surface area (Å²) < 4.78 is 0. The molecule has 0 aliphatic carbocycles. The van der Waals surface area contributed by atoms with E-state index in [1.165, 1.54) is 16.2 Å². The number of imide groups is 1. The zero-order valence-corrected chi connectivity index (χ0v) is 12.1. The maximum absolute atomic E-state index is 12.3. The zero-order chi connectivity index (χ0) is 14.7. The summed E-state index contributed by atoms with van der Waals surface area (Å²) in [4.78, 5) is 40.7. The smallest absolute Gasteiger partial charge is 0.322 e. The third-order valence-corrected chi connectivity index (χ3v) is 3.88. The molecule has 1 aliphatic heterocycles. The highest BCUT2D eigenvalue weighted by Gasteiger charge is 2.28. The lowest BCUT2D eigenvalue weighted by molar-refractivity contribution is -0.132. The number of aryl methyl sites for hydroxylation is 1. The third-order valence-electron chi connectivity index (χ3n) is 2.93. The fourth-order valence-corrected chi connectivity index (χ4v) is 2.76. The summed E-state index contributed by atoms with van der Waals surface area (Å²) in [5, 5.41) is 7.41. The Bertz CT molecular complexity index is 543. The number of urea groups is 1. The van der Waals surface area contributed by atoms with Gasteiger partial charge in [0.1, 0.15) is 11.0 Å². The fraction of sp³-hybridized carbons (Fsp3) is 0.500. The molecule has 1 atom stereocenters. The highest BCUT2D eigenvalue weighted by Crippen LogP contribution is 2.12. The van der Waals surface area contributed by atoms with Crippen LogP contribution in [0.15, 0.2) is 5.38 Å². The number of nitrogens with one attached hydrogen (secondary N) is 2. The molecule has 0 radical (unpaired) electrons. The molecule has 1 saturated heterocycles. The number of hydrogen-bond donors (Lipinski definition) is 2. The van der Waals surface area contributed by atoms with Crippen LogP contribution in [0.2, 0.25) is 0 Å². The molecule has 2 rings (SSSR count). The molecule has 0 bridgehead atoms. The maximum Gasteiger partial charge on any atom is 0.322 e. The van der Waals surface area contributed by atoms with E-state index in [0.717, 1.165) is 10.7 Å². The molecular formula is C12H16N4O3S. The molecule has 1 aliphatic rings. The van der Waals surface area contributed by atoms with Crippen LogP contribution < -0.4 is 10.6 Å². The van der Waals surface area contributed by atoms with Crippen molar-refractivity contribution < 1.29 is 14.4 Å². The lowest BCUT2D eigenvalue weighted by Gasteiger charge is -2.22. The number of rotatable bonds is 3. The van der Waals surface area contributed by atoms with E-state index >= 15 is 0 Å². The molecule has 2 N–H and O–H groups in total. The van der Waals surface area contributed by atoms with Gasteiger partial charge < -0.3 is 10.2 Å². The SMILES string of the molecule is Cc1csc(CN(C)C(=O)C2CCC(=O)NC(=O)N2)n1. The number of nitrogens with zero attached hydrogens (tertiary/aromatic N) is 2. The average Bonchev–Trinajstić information content (AvgIpc) is 2.70. The van der Waals surface area contributed by atoms with Gasteiger partial charge in [-0.2, -0.15) is 0 Å². The van der Waals surface area contributed by atoms with Crippen molar-refractivity contribution in [2.24, 2.45) is 0 Å². The van der Waals surface area contributed by atoms with E-state index in [1.807, 2.05) is 12.3 Å². The highest BCUT2D eigenvalue weighted by molar-refractivity contribution is 7.09. The second-order valence-corrected chi connectivity index (χ2v) is 5.63. The lowest BCUT2D eigenvalue weighted by Crippen LogP contribution is -2.48. The Morgan fingerprint density at radius 2 is 2.30 bits per heavy atom. The molecule has 1 unspecified atom stereocenters. The van der Waals surface area contributed by atoms with E-state index in [2.05, 4.69) is 15.6 Å². The summed E-state index contributed by atoms with van der Waals surface area (Å²) in [5.74, 6) is -0.585. The topological polar surface area (TPSA) is 91.4 Å². The minimum absolute atomic E-state index is 0.152. The molecule has 0 saturated carbocycles. The monoisotopic (exact) mass is 296 g/mol. The van der Waals surface area contributed by atoms with Crippen LogP contribution in [0.3, 0.4) is 0 Å². The van der Waals surface area contributed by atoms with Crippen LogP contribution in [0.25, 0.3) is 0 Å². The van der Waals surface area contributed by atoms with E-state index in [9.17, 15) is 14.4 Å². The Morgan fingerprint density at radius 3 is 2.95 bits per heavy atom. The van der Waals surface area contributed by atoms with Crippen molar-refractivity contribution in [3.8, 4) is 0 Å². The predicted molar refractivity (Wildman–Crippen MR) is 73.0 cm³/mol. The van der Waals surface area contributed by atoms with E-state index < -0.39 is 12.1 Å². The van der Waals surface area contributed by atoms with Crippen LogP contribution in [0, 0.1) is 6.92 Å². The molecule has 4 amide bonds. The fourth-order valence-electron chi connectivity index (χ4n) is 1.94. The van der Waals surface area contributed by atoms with Crippen LogP contribution in [0.5, 0.6) is 0 Å². The first-order valence-corrected chi connectivity index (χ1v) is 7.10. The van der Waals surface area contributed by atoms with Gasteiger partial charge in [-0.25, -0.2) is 9.78 Å². The van der Waals surface area contributed by atoms with Gasteiger partial charge in [-0.15, -0.1) is 11.3 Å². The van der Waals surface area contributed by atoms with Gasteiger partial charge in [-0.05, 0) is 13.3 Å². The van der Waals surface area contributed by atoms with Gasteiger partial charge in [0.25, 0.3) is 0 Å². The van der Waals surface area contributed by atoms with Crippen molar-refractivity contribution in [3.63, 3.8) is 0 Å². The van der Waals surface area contributed by atoms with Gasteiger partial charge in [0.15, 0.2) is 0 Å². The molecule has 20 heavy (non-hydrogen) atoms. The average molecular weight is 296 g/mol. The second kappa shape index (κ2) is 6.00. The largest absolute Gasteiger partial charge is 0.337 e. The number of amides is 4. The molecule has 0 spiro atoms. The van der Waals surface area contributed by atoms with E-state index in [0.29, 0.717) is 13.0 Å². The van der Waals surface area contributed by atoms with Crippen LogP contribution in [-0.4, -0.2) is 40.8 Å². The number of carbonyl (C=O) groups is 3. The quantitative estimate of drug-likeness (QED) is 0.844. The molecule has 8 heteroatoms. The van der Waals surface area contributed by atoms with Crippen molar-refractivity contribution in [1.29, 1.82) is 0 Å². The Morgan fingerprint density at radius 1 is 1.55 bits per heavy atom. The van der Waals surface area contributed by atoms with Gasteiger partial charge in [0.2, 0.25) is 11.8 Å². The number of hydrogen-bond acceptors (Lipinski definition) is 5. The minimum atomic E-state index is -0.674. The Balaban J connectivity index is 1.98. The zero-order valence-electron chi connectivity index (χ0n) is 11.3. The first-order chi connectivity index (χ1) is 9.45. The van der Waals surface area contributed by atoms with E-state index in [1.54, 1.807) is 7.05 Å². The first-order valence-electron chi connectivity index (χ1n) is 6.22. The summed E-state index contributed by atoms with van der Waals surface area (Å²) >= 11 is 1.49. The van der Waals surface area contributed by atoms with Crippen molar-refractivity contribution >= 4 is 29.2 Å². The third kappa shape index (κ3) is 3.53. The van der Waals surface area contributed by atoms with Crippen LogP contribution in [-0.2, 0) is 16.1 Å². The maximum atomic E-state index is 12.3. The minimum Gasteiger partial charge on any atom is -0.337 e. The van der Waals surface area contributed by atoms with Crippen molar-refractivity contribution in [2.75, 3.05) is 7.05 Å². The van der Waals surface area contributed by atoms with Gasteiger partial charge in [0, 0.05) is 24.5 Å². The van der Waals surface area contributed by atoms with E-state index in [4.69, 9.17) is 0 Å². The molecule has 1 aromatic rings. The molecule has 1 fully saturated rings. The second-order valence-electron chi connectivity index (χ2n) is 4.69. The molecule has 1 aromatic heterocycles. The van der Waals surface area contributed by atoms with Gasteiger partial charge in [-0.1, -0.05) is 0 Å². The Hall–Kier alpha value is -1.96. The number of likely N-dealkylation sites (N-methyl/N-ethyl adjacent to an activating group) is 1. The number of aromatic nitrogens is 1. The summed E-state index contributed by atoms with van der Waals surface area (Å²) in [6.45, 7) is 2.29. The van der Waals surface area contributed by atoms with Crippen LogP contribution in [0.4, 0.5) is 4.79 Å². The van der Waals surface area contributed by atoms with Gasteiger partial charge >= 0.3 is 6.03 Å². The van der Waals surface area contributed by atoms with Crippen LogP contribution in [0.1, 0.15) is 23.5 Å². The standard InChI is InChI=1S/C12H16N4O3S/c1-7-6-20-10(13-7)5-16(2)11(18)8-3-4-9(17)15-12(19)14-8/h6,8H,3-5H2,1-2H3,(H2,14,15,17,19). The molecule has 2 heterocycles. The first kappa shape index (κ1) is 14.4. The number of carbonyl (C=O) groups excluding carboxylic acids is 3. The summed E-state index contributed by atoms with van der Waals surface area (Å²) in [6.07, 6.45) is 0.455. The van der Waals surface area contributed by atoms with Crippen LogP contribution >= 0.6 is 11.3 Å². The molecular weight excluding hydrogens is 280 g/mol. The van der Waals surface area contributed by atoms with Gasteiger partial charge in [-0.3, -0.25) is 14.9 Å². The van der Waals surface area contributed by atoms with E-state index in [-0.39, 0.29) is 18.2 Å². The van der Waals surface area contributed by atoms with Crippen molar-refractivity contribution in [1.82, 2.24) is 20.5 Å². The van der Waals surface area contributed by atoms with Crippen molar-refractivity contribution in [2.45, 2.75) is 32.4 Å².